The number of fused-ring (bicyclic) bond motifs is 1. The van der Waals surface area contributed by atoms with E-state index in [1.165, 1.54) is 11.3 Å². The number of benzene rings is 3. The van der Waals surface area contributed by atoms with Crippen molar-refractivity contribution in [1.29, 1.82) is 0 Å². The largest absolute Gasteiger partial charge is 0.457 e. The first-order valence-electron chi connectivity index (χ1n) is 8.64. The number of para-hydroxylation sites is 1. The summed E-state index contributed by atoms with van der Waals surface area (Å²) in [5, 5.41) is 5.82. The summed E-state index contributed by atoms with van der Waals surface area (Å²) in [7, 11) is 0. The number of hydrazone groups is 1. The molecule has 4 nitrogen and oxygen atoms in total. The molecule has 0 fully saturated rings. The Morgan fingerprint density at radius 3 is 2.59 bits per heavy atom. The van der Waals surface area contributed by atoms with Gasteiger partial charge in [0.15, 0.2) is 0 Å². The average Bonchev–Trinajstić information content (AvgIpc) is 3.05. The van der Waals surface area contributed by atoms with Crippen molar-refractivity contribution in [3.05, 3.63) is 93.3 Å². The van der Waals surface area contributed by atoms with Crippen LogP contribution in [-0.2, 0) is 0 Å². The number of carbonyl (C=O) groups excluding carboxylic acids is 1. The van der Waals surface area contributed by atoms with Crippen molar-refractivity contribution in [3.8, 4) is 11.5 Å². The van der Waals surface area contributed by atoms with Gasteiger partial charge in [0.25, 0.3) is 5.91 Å². The lowest BCUT2D eigenvalue weighted by Gasteiger charge is -2.05. The van der Waals surface area contributed by atoms with Gasteiger partial charge in [-0.25, -0.2) is 5.43 Å². The quantitative estimate of drug-likeness (QED) is 0.275. The number of hydrogen-bond donors (Lipinski definition) is 1. The van der Waals surface area contributed by atoms with Gasteiger partial charge in [0.05, 0.1) is 11.2 Å². The molecule has 1 amide bonds. The second-order valence-electron chi connectivity index (χ2n) is 6.07. The van der Waals surface area contributed by atoms with Gasteiger partial charge in [-0.3, -0.25) is 4.79 Å². The minimum atomic E-state index is -0.375. The Morgan fingerprint density at radius 1 is 0.966 bits per heavy atom. The molecule has 1 N–H and O–H groups in total. The number of carbonyl (C=O) groups is 1. The van der Waals surface area contributed by atoms with E-state index in [1.54, 1.807) is 24.4 Å². The zero-order chi connectivity index (χ0) is 20.2. The van der Waals surface area contributed by atoms with Crippen molar-refractivity contribution in [2.75, 3.05) is 0 Å². The second kappa shape index (κ2) is 8.66. The van der Waals surface area contributed by atoms with Gasteiger partial charge in [-0.05, 0) is 42.0 Å². The number of hydrogen-bond acceptors (Lipinski definition) is 4. The molecule has 29 heavy (non-hydrogen) atoms. The summed E-state index contributed by atoms with van der Waals surface area (Å²) in [6.45, 7) is 0. The highest BCUT2D eigenvalue weighted by atomic mass is 35.5. The van der Waals surface area contributed by atoms with E-state index in [2.05, 4.69) is 10.5 Å². The summed E-state index contributed by atoms with van der Waals surface area (Å²) in [4.78, 5) is 12.9. The monoisotopic (exact) mass is 440 g/mol. The Kier molecular flexibility index (Phi) is 5.81. The van der Waals surface area contributed by atoms with Gasteiger partial charge in [0, 0.05) is 15.1 Å². The highest BCUT2D eigenvalue weighted by Crippen LogP contribution is 2.36. The topological polar surface area (TPSA) is 50.7 Å². The van der Waals surface area contributed by atoms with Crippen molar-refractivity contribution < 1.29 is 9.53 Å². The van der Waals surface area contributed by atoms with Gasteiger partial charge < -0.3 is 4.74 Å². The van der Waals surface area contributed by atoms with Gasteiger partial charge in [-0.15, -0.1) is 11.3 Å². The van der Waals surface area contributed by atoms with Crippen LogP contribution in [0.2, 0.25) is 10.0 Å². The molecule has 3 aromatic carbocycles. The molecule has 1 aromatic heterocycles. The SMILES string of the molecule is O=C(N/N=C\c1cccc(Oc2ccccc2)c1)c1sc2cc(Cl)ccc2c1Cl. The summed E-state index contributed by atoms with van der Waals surface area (Å²) in [6.07, 6.45) is 1.55. The van der Waals surface area contributed by atoms with E-state index < -0.39 is 0 Å². The standard InChI is InChI=1S/C22H14Cl2N2O2S/c23-15-9-10-18-19(12-15)29-21(20(18)24)22(27)26-25-13-14-5-4-8-17(11-14)28-16-6-2-1-3-7-16/h1-13H,(H,26,27)/b25-13-. The summed E-state index contributed by atoms with van der Waals surface area (Å²) in [5.41, 5.74) is 3.30. The fourth-order valence-electron chi connectivity index (χ4n) is 2.68. The van der Waals surface area contributed by atoms with E-state index in [0.717, 1.165) is 21.4 Å². The van der Waals surface area contributed by atoms with Crippen LogP contribution in [0.15, 0.2) is 77.9 Å². The minimum Gasteiger partial charge on any atom is -0.457 e. The van der Waals surface area contributed by atoms with E-state index in [4.69, 9.17) is 27.9 Å². The Morgan fingerprint density at radius 2 is 1.76 bits per heavy atom. The maximum Gasteiger partial charge on any atom is 0.283 e. The van der Waals surface area contributed by atoms with Crippen LogP contribution in [-0.4, -0.2) is 12.1 Å². The number of amides is 1. The van der Waals surface area contributed by atoms with Crippen molar-refractivity contribution in [2.24, 2.45) is 5.10 Å². The third-order valence-corrected chi connectivity index (χ3v) is 5.91. The predicted octanol–water partition coefficient (Wildman–Crippen LogP) is 6.76. The normalized spacial score (nSPS) is 11.1. The van der Waals surface area contributed by atoms with Crippen molar-refractivity contribution >= 4 is 56.7 Å². The van der Waals surface area contributed by atoms with Gasteiger partial charge in [-0.1, -0.05) is 59.6 Å². The molecule has 7 heteroatoms. The van der Waals surface area contributed by atoms with E-state index >= 15 is 0 Å². The molecular formula is C22H14Cl2N2O2S. The Labute approximate surface area is 181 Å². The van der Waals surface area contributed by atoms with Crippen molar-refractivity contribution in [2.45, 2.75) is 0 Å². The third-order valence-electron chi connectivity index (χ3n) is 4.01. The van der Waals surface area contributed by atoms with Crippen LogP contribution in [0.4, 0.5) is 0 Å². The number of ether oxygens (including phenoxy) is 1. The average molecular weight is 441 g/mol. The van der Waals surface area contributed by atoms with E-state index in [9.17, 15) is 4.79 Å². The molecule has 0 saturated heterocycles. The van der Waals surface area contributed by atoms with Crippen molar-refractivity contribution in [1.82, 2.24) is 5.43 Å². The fraction of sp³-hybridized carbons (Fsp3) is 0. The second-order valence-corrected chi connectivity index (χ2v) is 7.94. The summed E-state index contributed by atoms with van der Waals surface area (Å²) in [5.74, 6) is 1.05. The third kappa shape index (κ3) is 4.59. The Hall–Kier alpha value is -2.86. The molecule has 0 radical (unpaired) electrons. The molecule has 1 heterocycles. The molecule has 0 spiro atoms. The minimum absolute atomic E-state index is 0.375. The molecular weight excluding hydrogens is 427 g/mol. The fourth-order valence-corrected chi connectivity index (χ4v) is 4.37. The molecule has 4 rings (SSSR count). The lowest BCUT2D eigenvalue weighted by Crippen LogP contribution is -2.16. The first kappa shape index (κ1) is 19.5. The number of nitrogens with one attached hydrogen (secondary N) is 1. The van der Waals surface area contributed by atoms with Crippen LogP contribution in [0.3, 0.4) is 0 Å². The smallest absolute Gasteiger partial charge is 0.283 e. The zero-order valence-corrected chi connectivity index (χ0v) is 17.3. The van der Waals surface area contributed by atoms with E-state index in [0.29, 0.717) is 20.7 Å². The highest BCUT2D eigenvalue weighted by Gasteiger charge is 2.16. The maximum absolute atomic E-state index is 12.5. The molecule has 0 unspecified atom stereocenters. The number of halogens is 2. The van der Waals surface area contributed by atoms with Crippen LogP contribution >= 0.6 is 34.5 Å². The van der Waals surface area contributed by atoms with Crippen molar-refractivity contribution in [3.63, 3.8) is 0 Å². The van der Waals surface area contributed by atoms with Crippen LogP contribution in [0.1, 0.15) is 15.2 Å². The molecule has 0 aliphatic carbocycles. The van der Waals surface area contributed by atoms with Crippen LogP contribution in [0.5, 0.6) is 11.5 Å². The van der Waals surface area contributed by atoms with E-state index in [-0.39, 0.29) is 5.91 Å². The Balaban J connectivity index is 1.46. The number of nitrogens with zero attached hydrogens (tertiary/aromatic N) is 1. The first-order chi connectivity index (χ1) is 14.1. The highest BCUT2D eigenvalue weighted by molar-refractivity contribution is 7.21. The van der Waals surface area contributed by atoms with Crippen LogP contribution in [0.25, 0.3) is 10.1 Å². The summed E-state index contributed by atoms with van der Waals surface area (Å²) >= 11 is 13.6. The van der Waals surface area contributed by atoms with Gasteiger partial charge in [-0.2, -0.15) is 5.10 Å². The zero-order valence-electron chi connectivity index (χ0n) is 14.9. The lowest BCUT2D eigenvalue weighted by molar-refractivity contribution is 0.0959. The number of thiophene rings is 1. The molecule has 0 atom stereocenters. The molecule has 0 aliphatic rings. The summed E-state index contributed by atoms with van der Waals surface area (Å²) < 4.78 is 6.65. The Bertz CT molecular complexity index is 1210. The number of rotatable bonds is 5. The lowest BCUT2D eigenvalue weighted by atomic mass is 10.2. The van der Waals surface area contributed by atoms with Gasteiger partial charge in [0.2, 0.25) is 0 Å². The van der Waals surface area contributed by atoms with Gasteiger partial charge >= 0.3 is 0 Å². The summed E-state index contributed by atoms with van der Waals surface area (Å²) in [6, 6.07) is 22.2. The molecule has 0 bridgehead atoms. The molecule has 0 aliphatic heterocycles. The molecule has 0 saturated carbocycles. The predicted molar refractivity (Wildman–Crippen MR) is 120 cm³/mol. The van der Waals surface area contributed by atoms with Gasteiger partial charge in [0.1, 0.15) is 16.4 Å². The van der Waals surface area contributed by atoms with Crippen LogP contribution in [0, 0.1) is 0 Å². The van der Waals surface area contributed by atoms with Crippen LogP contribution < -0.4 is 10.2 Å². The molecule has 144 valence electrons. The maximum atomic E-state index is 12.5. The first-order valence-corrected chi connectivity index (χ1v) is 10.2. The van der Waals surface area contributed by atoms with E-state index in [1.807, 2.05) is 54.6 Å². The molecule has 4 aromatic rings.